The van der Waals surface area contributed by atoms with Crippen LogP contribution in [0.1, 0.15) is 34.7 Å². The van der Waals surface area contributed by atoms with E-state index >= 15 is 0 Å². The van der Waals surface area contributed by atoms with Crippen LogP contribution in [0.25, 0.3) is 0 Å². The molecule has 0 heterocycles. The Morgan fingerprint density at radius 1 is 1.13 bits per heavy atom. The molecule has 0 radical (unpaired) electrons. The van der Waals surface area contributed by atoms with Crippen molar-refractivity contribution >= 4 is 12.4 Å². The molecule has 1 rings (SSSR count). The van der Waals surface area contributed by atoms with Gasteiger partial charge >= 0.3 is 0 Å². The van der Waals surface area contributed by atoms with Gasteiger partial charge < -0.3 is 11.5 Å². The average molecular weight is 229 g/mol. The molecule has 0 saturated carbocycles. The average Bonchev–Trinajstić information content (AvgIpc) is 2.01. The van der Waals surface area contributed by atoms with Gasteiger partial charge in [0.15, 0.2) is 0 Å². The zero-order valence-electron chi connectivity index (χ0n) is 9.71. The first-order valence-electron chi connectivity index (χ1n) is 5.09. The van der Waals surface area contributed by atoms with Gasteiger partial charge in [0.2, 0.25) is 0 Å². The molecule has 0 aliphatic rings. The minimum Gasteiger partial charge on any atom is -0.330 e. The van der Waals surface area contributed by atoms with E-state index in [-0.39, 0.29) is 18.4 Å². The maximum atomic E-state index is 6.08. The zero-order chi connectivity index (χ0) is 10.7. The lowest BCUT2D eigenvalue weighted by Gasteiger charge is -2.17. The Morgan fingerprint density at radius 2 is 1.60 bits per heavy atom. The number of hydrogen-bond donors (Lipinski definition) is 2. The summed E-state index contributed by atoms with van der Waals surface area (Å²) in [5.41, 5.74) is 16.7. The van der Waals surface area contributed by atoms with E-state index in [2.05, 4.69) is 32.9 Å². The summed E-state index contributed by atoms with van der Waals surface area (Å²) in [4.78, 5) is 0. The Hall–Kier alpha value is -0.570. The van der Waals surface area contributed by atoms with Crippen molar-refractivity contribution < 1.29 is 0 Å². The second kappa shape index (κ2) is 6.11. The van der Waals surface area contributed by atoms with Gasteiger partial charge in [0, 0.05) is 6.04 Å². The van der Waals surface area contributed by atoms with Crippen molar-refractivity contribution in [2.75, 3.05) is 6.54 Å². The first kappa shape index (κ1) is 14.4. The van der Waals surface area contributed by atoms with Crippen LogP contribution < -0.4 is 11.5 Å². The van der Waals surface area contributed by atoms with E-state index in [9.17, 15) is 0 Å². The largest absolute Gasteiger partial charge is 0.330 e. The summed E-state index contributed by atoms with van der Waals surface area (Å²) in [5, 5.41) is 0. The van der Waals surface area contributed by atoms with Gasteiger partial charge in [0.05, 0.1) is 0 Å². The number of nitrogens with two attached hydrogens (primary N) is 2. The summed E-state index contributed by atoms with van der Waals surface area (Å²) >= 11 is 0. The number of benzene rings is 1. The second-order valence-corrected chi connectivity index (χ2v) is 4.00. The molecule has 0 aliphatic heterocycles. The molecule has 0 aromatic heterocycles. The van der Waals surface area contributed by atoms with E-state index in [1.54, 1.807) is 0 Å². The van der Waals surface area contributed by atoms with Crippen LogP contribution in [0, 0.1) is 20.8 Å². The first-order valence-corrected chi connectivity index (χ1v) is 5.09. The third kappa shape index (κ3) is 3.49. The number of halogens is 1. The van der Waals surface area contributed by atoms with Crippen molar-refractivity contribution in [3.05, 3.63) is 34.4 Å². The van der Waals surface area contributed by atoms with Crippen molar-refractivity contribution in [2.24, 2.45) is 11.5 Å². The molecule has 0 saturated heterocycles. The predicted octanol–water partition coefficient (Wildman–Crippen LogP) is 2.38. The van der Waals surface area contributed by atoms with Crippen LogP contribution in [0.5, 0.6) is 0 Å². The SMILES string of the molecule is Cc1cc(C)c([C@H](N)CCN)c(C)c1.Cl. The lowest BCUT2D eigenvalue weighted by atomic mass is 9.93. The summed E-state index contributed by atoms with van der Waals surface area (Å²) in [6.07, 6.45) is 0.852. The minimum atomic E-state index is 0. The molecule has 0 unspecified atom stereocenters. The molecule has 0 aliphatic carbocycles. The van der Waals surface area contributed by atoms with Crippen LogP contribution >= 0.6 is 12.4 Å². The van der Waals surface area contributed by atoms with Gasteiger partial charge in [0.1, 0.15) is 0 Å². The summed E-state index contributed by atoms with van der Waals surface area (Å²) in [7, 11) is 0. The molecule has 0 amide bonds. The highest BCUT2D eigenvalue weighted by Gasteiger charge is 2.11. The monoisotopic (exact) mass is 228 g/mol. The van der Waals surface area contributed by atoms with Gasteiger partial charge in [-0.25, -0.2) is 0 Å². The van der Waals surface area contributed by atoms with E-state index in [0.717, 1.165) is 6.42 Å². The maximum absolute atomic E-state index is 6.08. The Labute approximate surface area is 98.5 Å². The summed E-state index contributed by atoms with van der Waals surface area (Å²) in [6.45, 7) is 6.99. The highest BCUT2D eigenvalue weighted by atomic mass is 35.5. The fourth-order valence-corrected chi connectivity index (χ4v) is 2.10. The highest BCUT2D eigenvalue weighted by Crippen LogP contribution is 2.23. The lowest BCUT2D eigenvalue weighted by molar-refractivity contribution is 0.653. The molecule has 1 aromatic carbocycles. The summed E-state index contributed by atoms with van der Waals surface area (Å²) in [5.74, 6) is 0. The molecule has 3 heteroatoms. The van der Waals surface area contributed by atoms with Gasteiger partial charge in [-0.15, -0.1) is 12.4 Å². The molecule has 2 nitrogen and oxygen atoms in total. The molecule has 4 N–H and O–H groups in total. The minimum absolute atomic E-state index is 0. The molecule has 1 aromatic rings. The van der Waals surface area contributed by atoms with E-state index in [4.69, 9.17) is 11.5 Å². The Balaban J connectivity index is 0.00000196. The van der Waals surface area contributed by atoms with E-state index in [0.29, 0.717) is 6.54 Å². The smallest absolute Gasteiger partial charge is 0.0312 e. The topological polar surface area (TPSA) is 52.0 Å². The maximum Gasteiger partial charge on any atom is 0.0312 e. The Morgan fingerprint density at radius 3 is 2.00 bits per heavy atom. The number of rotatable bonds is 3. The third-order valence-corrected chi connectivity index (χ3v) is 2.59. The molecular weight excluding hydrogens is 208 g/mol. The van der Waals surface area contributed by atoms with Crippen molar-refractivity contribution in [1.29, 1.82) is 0 Å². The molecule has 86 valence electrons. The van der Waals surface area contributed by atoms with Gasteiger partial charge in [-0.05, 0) is 50.4 Å². The van der Waals surface area contributed by atoms with Crippen LogP contribution in [0.2, 0.25) is 0 Å². The van der Waals surface area contributed by atoms with Gasteiger partial charge in [-0.1, -0.05) is 17.7 Å². The number of aryl methyl sites for hydroxylation is 3. The van der Waals surface area contributed by atoms with Crippen LogP contribution in [0.4, 0.5) is 0 Å². The molecule has 15 heavy (non-hydrogen) atoms. The molecule has 0 spiro atoms. The van der Waals surface area contributed by atoms with Gasteiger partial charge in [0.25, 0.3) is 0 Å². The summed E-state index contributed by atoms with van der Waals surface area (Å²) in [6, 6.07) is 4.44. The van der Waals surface area contributed by atoms with E-state index in [1.165, 1.54) is 22.3 Å². The van der Waals surface area contributed by atoms with Gasteiger partial charge in [-0.3, -0.25) is 0 Å². The predicted molar refractivity (Wildman–Crippen MR) is 68.5 cm³/mol. The molecular formula is C12H21ClN2. The lowest BCUT2D eigenvalue weighted by Crippen LogP contribution is -2.17. The fraction of sp³-hybridized carbons (Fsp3) is 0.500. The zero-order valence-corrected chi connectivity index (χ0v) is 10.5. The fourth-order valence-electron chi connectivity index (χ4n) is 2.10. The normalized spacial score (nSPS) is 12.1. The third-order valence-electron chi connectivity index (χ3n) is 2.59. The molecule has 1 atom stereocenters. The number of hydrogen-bond acceptors (Lipinski definition) is 2. The highest BCUT2D eigenvalue weighted by molar-refractivity contribution is 5.85. The van der Waals surface area contributed by atoms with Crippen molar-refractivity contribution in [3.8, 4) is 0 Å². The standard InChI is InChI=1S/C12H20N2.ClH/c1-8-6-9(2)12(10(3)7-8)11(14)4-5-13;/h6-7,11H,4-5,13-14H2,1-3H3;1H/t11-;/m1./s1. The van der Waals surface area contributed by atoms with Crippen LogP contribution in [0.15, 0.2) is 12.1 Å². The first-order chi connectivity index (χ1) is 6.56. The van der Waals surface area contributed by atoms with Crippen LogP contribution in [-0.2, 0) is 0 Å². The van der Waals surface area contributed by atoms with Gasteiger partial charge in [-0.2, -0.15) is 0 Å². The van der Waals surface area contributed by atoms with Crippen LogP contribution in [0.3, 0.4) is 0 Å². The molecule has 0 fully saturated rings. The van der Waals surface area contributed by atoms with Crippen molar-refractivity contribution in [1.82, 2.24) is 0 Å². The summed E-state index contributed by atoms with van der Waals surface area (Å²) < 4.78 is 0. The Kier molecular flexibility index (Phi) is 5.88. The van der Waals surface area contributed by atoms with Crippen LogP contribution in [-0.4, -0.2) is 6.54 Å². The van der Waals surface area contributed by atoms with E-state index in [1.807, 2.05) is 0 Å². The Bertz CT molecular complexity index is 300. The van der Waals surface area contributed by atoms with Crippen molar-refractivity contribution in [2.45, 2.75) is 33.2 Å². The van der Waals surface area contributed by atoms with E-state index < -0.39 is 0 Å². The molecule has 0 bridgehead atoms. The quantitative estimate of drug-likeness (QED) is 0.835. The van der Waals surface area contributed by atoms with Crippen molar-refractivity contribution in [3.63, 3.8) is 0 Å². The second-order valence-electron chi connectivity index (χ2n) is 4.00.